The van der Waals surface area contributed by atoms with Gasteiger partial charge in [-0.2, -0.15) is 0 Å². The Morgan fingerprint density at radius 1 is 0.938 bits per heavy atom. The monoisotopic (exact) mass is 650 g/mol. The summed E-state index contributed by atoms with van der Waals surface area (Å²) in [6.07, 6.45) is -0.643. The second-order valence-electron chi connectivity index (χ2n) is 12.4. The number of benzene rings is 4. The van der Waals surface area contributed by atoms with E-state index in [1.807, 2.05) is 105 Å². The summed E-state index contributed by atoms with van der Waals surface area (Å²) >= 11 is 0. The van der Waals surface area contributed by atoms with Gasteiger partial charge in [-0.15, -0.1) is 0 Å². The molecule has 4 aromatic carbocycles. The molecule has 0 radical (unpaired) electrons. The molecular formula is C40H46N2O6. The standard InChI is InChI=1S/C40H46N2O6/c1-5-22-46-40(45)41-24-30-10-9-13-35(23-30)31-18-20-34(21-19-31)39-47-36(25-42(4)28(3)37(44)32-11-7-6-8-12-32)27(2)38(48-39)33-16-14-29(26-43)15-17-33/h5-21,23,27-28,36-39,43-44H,1,22,24-26H2,2-4H3,(H,41,45)/t27-,28-,36+,37-,38+,39+/m1/s1. The number of aliphatic hydroxyl groups is 2. The SMILES string of the molecule is C=CCOC(=O)NCc1cccc(-c2ccc([C@H]3O[C@@H](CN(C)[C@H](C)[C@@H](O)c4ccccc4)[C@@H](C)[C@@H](c4ccc(CO)cc4)O3)cc2)c1. The Labute approximate surface area is 283 Å². The molecule has 0 aromatic heterocycles. The third-order valence-electron chi connectivity index (χ3n) is 9.10. The van der Waals surface area contributed by atoms with Gasteiger partial charge in [0.1, 0.15) is 6.61 Å². The molecule has 1 aliphatic rings. The Morgan fingerprint density at radius 2 is 1.65 bits per heavy atom. The Hall–Kier alpha value is -4.31. The topological polar surface area (TPSA) is 100 Å². The number of alkyl carbamates (subject to hydrolysis) is 1. The fraction of sp³-hybridized carbons (Fsp3) is 0.325. The molecule has 0 aliphatic carbocycles. The maximum Gasteiger partial charge on any atom is 0.407 e. The molecule has 1 amide bonds. The molecule has 48 heavy (non-hydrogen) atoms. The molecular weight excluding hydrogens is 604 g/mol. The molecule has 3 N–H and O–H groups in total. The highest BCUT2D eigenvalue weighted by molar-refractivity contribution is 5.68. The van der Waals surface area contributed by atoms with Crippen molar-refractivity contribution >= 4 is 6.09 Å². The number of amides is 1. The lowest BCUT2D eigenvalue weighted by Gasteiger charge is -2.43. The van der Waals surface area contributed by atoms with Crippen LogP contribution in [0, 0.1) is 5.92 Å². The maximum absolute atomic E-state index is 11.9. The van der Waals surface area contributed by atoms with Crippen molar-refractivity contribution < 1.29 is 29.2 Å². The number of carbonyl (C=O) groups is 1. The van der Waals surface area contributed by atoms with Crippen molar-refractivity contribution in [2.45, 2.75) is 57.6 Å². The second-order valence-corrected chi connectivity index (χ2v) is 12.4. The largest absolute Gasteiger partial charge is 0.445 e. The van der Waals surface area contributed by atoms with Gasteiger partial charge in [0.25, 0.3) is 0 Å². The summed E-state index contributed by atoms with van der Waals surface area (Å²) in [5, 5.41) is 23.5. The van der Waals surface area contributed by atoms with Crippen LogP contribution >= 0.6 is 0 Å². The lowest BCUT2D eigenvalue weighted by atomic mass is 9.89. The van der Waals surface area contributed by atoms with Crippen LogP contribution in [0.5, 0.6) is 0 Å². The molecule has 6 atom stereocenters. The van der Waals surface area contributed by atoms with Crippen molar-refractivity contribution in [1.82, 2.24) is 10.2 Å². The quantitative estimate of drug-likeness (QED) is 0.133. The van der Waals surface area contributed by atoms with Gasteiger partial charge in [-0.3, -0.25) is 4.90 Å². The molecule has 5 rings (SSSR count). The van der Waals surface area contributed by atoms with Crippen molar-refractivity contribution in [3.63, 3.8) is 0 Å². The van der Waals surface area contributed by atoms with Gasteiger partial charge in [0, 0.05) is 30.6 Å². The average Bonchev–Trinajstić information content (AvgIpc) is 3.13. The maximum atomic E-state index is 11.9. The van der Waals surface area contributed by atoms with Gasteiger partial charge in [0.15, 0.2) is 6.29 Å². The number of rotatable bonds is 13. The summed E-state index contributed by atoms with van der Waals surface area (Å²) < 4.78 is 18.4. The Balaban J connectivity index is 1.33. The Morgan fingerprint density at radius 3 is 2.33 bits per heavy atom. The molecule has 1 fully saturated rings. The molecule has 0 saturated carbocycles. The van der Waals surface area contributed by atoms with E-state index in [1.54, 1.807) is 0 Å². The molecule has 8 heteroatoms. The van der Waals surface area contributed by atoms with Crippen molar-refractivity contribution in [2.24, 2.45) is 5.92 Å². The fourth-order valence-electron chi connectivity index (χ4n) is 6.00. The number of nitrogens with zero attached hydrogens (tertiary/aromatic N) is 1. The number of aliphatic hydroxyl groups excluding tert-OH is 2. The van der Waals surface area contributed by atoms with E-state index in [2.05, 4.69) is 35.9 Å². The minimum Gasteiger partial charge on any atom is -0.445 e. The number of nitrogens with one attached hydrogen (secondary N) is 1. The van der Waals surface area contributed by atoms with E-state index in [9.17, 15) is 15.0 Å². The highest BCUT2D eigenvalue weighted by atomic mass is 16.7. The van der Waals surface area contributed by atoms with Crippen LogP contribution in [0.4, 0.5) is 4.79 Å². The van der Waals surface area contributed by atoms with Gasteiger partial charge < -0.3 is 29.7 Å². The zero-order valence-corrected chi connectivity index (χ0v) is 27.9. The van der Waals surface area contributed by atoms with Crippen LogP contribution in [0.3, 0.4) is 0 Å². The summed E-state index contributed by atoms with van der Waals surface area (Å²) in [5.41, 5.74) is 6.64. The molecule has 8 nitrogen and oxygen atoms in total. The van der Waals surface area contributed by atoms with E-state index in [1.165, 1.54) is 6.08 Å². The van der Waals surface area contributed by atoms with Gasteiger partial charge in [0.2, 0.25) is 0 Å². The molecule has 4 aromatic rings. The van der Waals surface area contributed by atoms with Crippen LogP contribution in [0.1, 0.15) is 60.2 Å². The smallest absolute Gasteiger partial charge is 0.407 e. The number of ether oxygens (including phenoxy) is 3. The summed E-state index contributed by atoms with van der Waals surface area (Å²) in [6.45, 7) is 8.82. The molecule has 1 saturated heterocycles. The van der Waals surface area contributed by atoms with Crippen LogP contribution in [0.15, 0.2) is 116 Å². The summed E-state index contributed by atoms with van der Waals surface area (Å²) in [7, 11) is 2.02. The van der Waals surface area contributed by atoms with Crippen LogP contribution in [-0.4, -0.2) is 53.6 Å². The molecule has 0 unspecified atom stereocenters. The normalized spacial score (nSPS) is 20.5. The number of hydrogen-bond acceptors (Lipinski definition) is 7. The first kappa shape index (κ1) is 35.0. The van der Waals surface area contributed by atoms with E-state index < -0.39 is 18.5 Å². The van der Waals surface area contributed by atoms with Gasteiger partial charge in [0.05, 0.1) is 24.9 Å². The van der Waals surface area contributed by atoms with Gasteiger partial charge >= 0.3 is 6.09 Å². The highest BCUT2D eigenvalue weighted by Gasteiger charge is 2.39. The van der Waals surface area contributed by atoms with E-state index in [4.69, 9.17) is 14.2 Å². The molecule has 1 aliphatic heterocycles. The molecule has 252 valence electrons. The average molecular weight is 651 g/mol. The molecule has 0 spiro atoms. The van der Waals surface area contributed by atoms with Crippen molar-refractivity contribution in [3.05, 3.63) is 144 Å². The molecule has 1 heterocycles. The van der Waals surface area contributed by atoms with Gasteiger partial charge in [-0.05, 0) is 53.4 Å². The lowest BCUT2D eigenvalue weighted by Crippen LogP contribution is -2.46. The third kappa shape index (κ3) is 8.78. The zero-order chi connectivity index (χ0) is 34.0. The van der Waals surface area contributed by atoms with Crippen LogP contribution in [-0.2, 0) is 27.4 Å². The van der Waals surface area contributed by atoms with Crippen molar-refractivity contribution in [3.8, 4) is 11.1 Å². The first-order chi connectivity index (χ1) is 23.3. The second kappa shape index (κ2) is 16.7. The van der Waals surface area contributed by atoms with E-state index in [0.29, 0.717) is 13.1 Å². The van der Waals surface area contributed by atoms with Crippen LogP contribution < -0.4 is 5.32 Å². The highest BCUT2D eigenvalue weighted by Crippen LogP contribution is 2.42. The van der Waals surface area contributed by atoms with E-state index >= 15 is 0 Å². The van der Waals surface area contributed by atoms with Crippen LogP contribution in [0.2, 0.25) is 0 Å². The molecule has 0 bridgehead atoms. The van der Waals surface area contributed by atoms with E-state index in [0.717, 1.165) is 38.9 Å². The summed E-state index contributed by atoms with van der Waals surface area (Å²) in [5.74, 6) is 0.00872. The Bertz CT molecular complexity index is 1610. The van der Waals surface area contributed by atoms with Crippen LogP contribution in [0.25, 0.3) is 11.1 Å². The van der Waals surface area contributed by atoms with Gasteiger partial charge in [-0.1, -0.05) is 117 Å². The van der Waals surface area contributed by atoms with E-state index in [-0.39, 0.29) is 37.4 Å². The van der Waals surface area contributed by atoms with Crippen molar-refractivity contribution in [1.29, 1.82) is 0 Å². The first-order valence-corrected chi connectivity index (χ1v) is 16.4. The minimum absolute atomic E-state index is 0.00872. The van der Waals surface area contributed by atoms with Crippen molar-refractivity contribution in [2.75, 3.05) is 20.2 Å². The van der Waals surface area contributed by atoms with Gasteiger partial charge in [-0.25, -0.2) is 4.79 Å². The zero-order valence-electron chi connectivity index (χ0n) is 27.9. The predicted molar refractivity (Wildman–Crippen MR) is 187 cm³/mol. The summed E-state index contributed by atoms with van der Waals surface area (Å²) in [6, 6.07) is 33.6. The predicted octanol–water partition coefficient (Wildman–Crippen LogP) is 7.10. The lowest BCUT2D eigenvalue weighted by molar-refractivity contribution is -0.276. The minimum atomic E-state index is -0.642. The number of carbonyl (C=O) groups excluding carboxylic acids is 1. The number of hydrogen-bond donors (Lipinski definition) is 3. The summed E-state index contributed by atoms with van der Waals surface area (Å²) in [4.78, 5) is 14.0. The fourth-order valence-corrected chi connectivity index (χ4v) is 6.00. The number of likely N-dealkylation sites (N-methyl/N-ethyl adjacent to an activating group) is 1. The first-order valence-electron chi connectivity index (χ1n) is 16.4. The Kier molecular flexibility index (Phi) is 12.2. The third-order valence-corrected chi connectivity index (χ3v) is 9.10.